The van der Waals surface area contributed by atoms with E-state index in [2.05, 4.69) is 21.5 Å². The number of hydrogen-bond acceptors (Lipinski definition) is 4. The molecule has 3 rings (SSSR count). The van der Waals surface area contributed by atoms with Gasteiger partial charge in [0.2, 0.25) is 5.91 Å². The number of carbonyl (C=O) groups excluding carboxylic acids is 1. The summed E-state index contributed by atoms with van der Waals surface area (Å²) in [7, 11) is 0. The Bertz CT molecular complexity index is 772. The number of carbonyl (C=O) groups is 1. The van der Waals surface area contributed by atoms with E-state index in [0.29, 0.717) is 29.3 Å². The summed E-state index contributed by atoms with van der Waals surface area (Å²) < 4.78 is 29.1. The maximum atomic E-state index is 13.4. The SMILES string of the molecule is CCCSN1CCC(CC(=O)Nc2ccc(-c3cc(F)cc(F)c3)cn2)CC1. The Labute approximate surface area is 168 Å². The zero-order valence-electron chi connectivity index (χ0n) is 16.0. The molecule has 1 aliphatic rings. The van der Waals surface area contributed by atoms with Crippen LogP contribution in [-0.4, -0.2) is 34.0 Å². The van der Waals surface area contributed by atoms with E-state index >= 15 is 0 Å². The van der Waals surface area contributed by atoms with Gasteiger partial charge >= 0.3 is 0 Å². The van der Waals surface area contributed by atoms with Gasteiger partial charge in [0.1, 0.15) is 17.5 Å². The summed E-state index contributed by atoms with van der Waals surface area (Å²) in [6.07, 6.45) is 5.23. The second-order valence-electron chi connectivity index (χ2n) is 7.05. The van der Waals surface area contributed by atoms with Gasteiger partial charge in [-0.05, 0) is 55.0 Å². The lowest BCUT2D eigenvalue weighted by Gasteiger charge is -2.30. The fourth-order valence-corrected chi connectivity index (χ4v) is 4.19. The Kier molecular flexibility index (Phi) is 7.39. The van der Waals surface area contributed by atoms with Crippen LogP contribution in [0.15, 0.2) is 36.5 Å². The number of hydrogen-bond donors (Lipinski definition) is 1. The Morgan fingerprint density at radius 2 is 1.89 bits per heavy atom. The number of amides is 1. The molecule has 150 valence electrons. The first-order valence-electron chi connectivity index (χ1n) is 9.63. The first kappa shape index (κ1) is 20.7. The van der Waals surface area contributed by atoms with E-state index in [0.717, 1.165) is 37.8 Å². The summed E-state index contributed by atoms with van der Waals surface area (Å²) in [5.41, 5.74) is 1.00. The smallest absolute Gasteiger partial charge is 0.225 e. The van der Waals surface area contributed by atoms with Gasteiger partial charge in [-0.15, -0.1) is 0 Å². The zero-order valence-corrected chi connectivity index (χ0v) is 16.8. The summed E-state index contributed by atoms with van der Waals surface area (Å²) in [6.45, 7) is 4.24. The second kappa shape index (κ2) is 9.98. The van der Waals surface area contributed by atoms with Gasteiger partial charge in [0, 0.05) is 43.1 Å². The van der Waals surface area contributed by atoms with Gasteiger partial charge in [-0.2, -0.15) is 0 Å². The Morgan fingerprint density at radius 3 is 2.50 bits per heavy atom. The highest BCUT2D eigenvalue weighted by atomic mass is 32.2. The van der Waals surface area contributed by atoms with E-state index in [-0.39, 0.29) is 5.91 Å². The van der Waals surface area contributed by atoms with Gasteiger partial charge in [-0.3, -0.25) is 9.10 Å². The van der Waals surface area contributed by atoms with E-state index in [1.807, 2.05) is 11.9 Å². The lowest BCUT2D eigenvalue weighted by atomic mass is 9.94. The predicted molar refractivity (Wildman–Crippen MR) is 110 cm³/mol. The molecule has 1 saturated heterocycles. The summed E-state index contributed by atoms with van der Waals surface area (Å²) in [5.74, 6) is 0.680. The van der Waals surface area contributed by atoms with Crippen molar-refractivity contribution in [2.75, 3.05) is 24.2 Å². The molecule has 0 spiro atoms. The Morgan fingerprint density at radius 1 is 1.18 bits per heavy atom. The lowest BCUT2D eigenvalue weighted by Crippen LogP contribution is -2.30. The summed E-state index contributed by atoms with van der Waals surface area (Å²) in [4.78, 5) is 16.5. The van der Waals surface area contributed by atoms with Crippen LogP contribution >= 0.6 is 11.9 Å². The average molecular weight is 406 g/mol. The minimum Gasteiger partial charge on any atom is -0.311 e. The quantitative estimate of drug-likeness (QED) is 0.649. The van der Waals surface area contributed by atoms with Crippen LogP contribution in [0, 0.1) is 17.6 Å². The van der Waals surface area contributed by atoms with E-state index in [1.54, 1.807) is 12.1 Å². The third kappa shape index (κ3) is 6.01. The zero-order chi connectivity index (χ0) is 19.9. The summed E-state index contributed by atoms with van der Waals surface area (Å²) >= 11 is 1.90. The van der Waals surface area contributed by atoms with Crippen LogP contribution < -0.4 is 5.32 Å². The molecule has 0 saturated carbocycles. The average Bonchev–Trinajstić information content (AvgIpc) is 2.67. The van der Waals surface area contributed by atoms with Crippen LogP contribution in [0.5, 0.6) is 0 Å². The predicted octanol–water partition coefficient (Wildman–Crippen LogP) is 5.13. The monoisotopic (exact) mass is 405 g/mol. The van der Waals surface area contributed by atoms with Crippen LogP contribution in [0.1, 0.15) is 32.6 Å². The van der Waals surface area contributed by atoms with Crippen LogP contribution in [0.3, 0.4) is 0 Å². The lowest BCUT2D eigenvalue weighted by molar-refractivity contribution is -0.117. The van der Waals surface area contributed by atoms with E-state index in [1.165, 1.54) is 24.8 Å². The number of nitrogens with one attached hydrogen (secondary N) is 1. The number of piperidine rings is 1. The van der Waals surface area contributed by atoms with Crippen LogP contribution in [-0.2, 0) is 4.79 Å². The van der Waals surface area contributed by atoms with E-state index in [9.17, 15) is 13.6 Å². The molecule has 1 amide bonds. The number of aromatic nitrogens is 1. The van der Waals surface area contributed by atoms with Crippen LogP contribution in [0.2, 0.25) is 0 Å². The second-order valence-corrected chi connectivity index (χ2v) is 8.23. The molecular weight excluding hydrogens is 380 g/mol. The number of anilines is 1. The number of pyridine rings is 1. The molecule has 28 heavy (non-hydrogen) atoms. The minimum atomic E-state index is -0.633. The number of rotatable bonds is 7. The molecule has 1 fully saturated rings. The standard InChI is InChI=1S/C21H25F2N3OS/c1-2-9-28-26-7-5-15(6-8-26)10-21(27)25-20-4-3-16(14-24-20)17-11-18(22)13-19(23)12-17/h3-4,11-15H,2,5-10H2,1H3,(H,24,25,27). The van der Waals surface area contributed by atoms with Crippen molar-refractivity contribution >= 4 is 23.7 Å². The molecule has 0 radical (unpaired) electrons. The van der Waals surface area contributed by atoms with Crippen molar-refractivity contribution in [1.82, 2.24) is 9.29 Å². The maximum absolute atomic E-state index is 13.4. The third-order valence-corrected chi connectivity index (χ3v) is 6.07. The molecule has 2 heterocycles. The van der Waals surface area contributed by atoms with Crippen molar-refractivity contribution in [3.8, 4) is 11.1 Å². The van der Waals surface area contributed by atoms with Gasteiger partial charge in [-0.25, -0.2) is 13.8 Å². The third-order valence-electron chi connectivity index (χ3n) is 4.75. The van der Waals surface area contributed by atoms with Crippen molar-refractivity contribution in [2.24, 2.45) is 5.92 Å². The fourth-order valence-electron chi connectivity index (χ4n) is 3.28. The fraction of sp³-hybridized carbons (Fsp3) is 0.429. The van der Waals surface area contributed by atoms with Gasteiger partial charge in [-0.1, -0.05) is 18.9 Å². The highest BCUT2D eigenvalue weighted by Gasteiger charge is 2.21. The summed E-state index contributed by atoms with van der Waals surface area (Å²) in [5, 5.41) is 2.82. The van der Waals surface area contributed by atoms with Crippen LogP contribution in [0.4, 0.5) is 14.6 Å². The van der Waals surface area contributed by atoms with Crippen LogP contribution in [0.25, 0.3) is 11.1 Å². The molecule has 0 aliphatic carbocycles. The van der Waals surface area contributed by atoms with Crippen molar-refractivity contribution in [1.29, 1.82) is 0 Å². The first-order valence-corrected chi connectivity index (χ1v) is 10.6. The topological polar surface area (TPSA) is 45.2 Å². The highest BCUT2D eigenvalue weighted by molar-refractivity contribution is 7.97. The molecule has 0 atom stereocenters. The number of nitrogens with zero attached hydrogens (tertiary/aromatic N) is 2. The largest absolute Gasteiger partial charge is 0.311 e. The molecule has 7 heteroatoms. The van der Waals surface area contributed by atoms with Gasteiger partial charge in [0.05, 0.1) is 0 Å². The molecule has 4 nitrogen and oxygen atoms in total. The summed E-state index contributed by atoms with van der Waals surface area (Å²) in [6, 6.07) is 6.69. The van der Waals surface area contributed by atoms with E-state index in [4.69, 9.17) is 0 Å². The molecule has 1 aliphatic heterocycles. The molecule has 1 aromatic carbocycles. The highest BCUT2D eigenvalue weighted by Crippen LogP contribution is 2.26. The Balaban J connectivity index is 1.50. The number of benzene rings is 1. The van der Waals surface area contributed by atoms with Gasteiger partial charge in [0.25, 0.3) is 0 Å². The van der Waals surface area contributed by atoms with Crippen molar-refractivity contribution in [2.45, 2.75) is 32.6 Å². The minimum absolute atomic E-state index is 0.0447. The van der Waals surface area contributed by atoms with E-state index < -0.39 is 11.6 Å². The molecule has 0 unspecified atom stereocenters. The van der Waals surface area contributed by atoms with Crippen molar-refractivity contribution in [3.05, 3.63) is 48.2 Å². The molecule has 1 N–H and O–H groups in total. The first-order chi connectivity index (χ1) is 13.5. The maximum Gasteiger partial charge on any atom is 0.225 e. The van der Waals surface area contributed by atoms with Gasteiger partial charge < -0.3 is 5.32 Å². The molecule has 2 aromatic rings. The normalized spacial score (nSPS) is 15.5. The van der Waals surface area contributed by atoms with Crippen molar-refractivity contribution < 1.29 is 13.6 Å². The Hall–Kier alpha value is -1.99. The molecular formula is C21H25F2N3OS. The number of halogens is 2. The van der Waals surface area contributed by atoms with Crippen molar-refractivity contribution in [3.63, 3.8) is 0 Å². The molecule has 0 bridgehead atoms. The van der Waals surface area contributed by atoms with Gasteiger partial charge in [0.15, 0.2) is 0 Å². The molecule has 1 aromatic heterocycles.